The van der Waals surface area contributed by atoms with Crippen molar-refractivity contribution in [1.29, 1.82) is 5.26 Å². The molecule has 0 aliphatic carbocycles. The van der Waals surface area contributed by atoms with E-state index in [1.165, 1.54) is 0 Å². The van der Waals surface area contributed by atoms with Crippen LogP contribution in [0.4, 0.5) is 0 Å². The van der Waals surface area contributed by atoms with Gasteiger partial charge < -0.3 is 9.30 Å². The molecular weight excluding hydrogens is 328 g/mol. The highest BCUT2D eigenvalue weighted by Crippen LogP contribution is 2.20. The summed E-state index contributed by atoms with van der Waals surface area (Å²) in [5.41, 5.74) is 1.77. The highest BCUT2D eigenvalue weighted by Gasteiger charge is 2.05. The second-order valence-electron chi connectivity index (χ2n) is 4.67. The van der Waals surface area contributed by atoms with Gasteiger partial charge in [0.15, 0.2) is 0 Å². The van der Waals surface area contributed by atoms with E-state index in [1.807, 2.05) is 54.7 Å². The van der Waals surface area contributed by atoms with Gasteiger partial charge >= 0.3 is 0 Å². The molecule has 0 N–H and O–H groups in total. The number of fused-ring (bicyclic) bond motifs is 1. The molecule has 3 rings (SSSR count). The molecule has 0 bridgehead atoms. The molecule has 0 spiro atoms. The second-order valence-corrected chi connectivity index (χ2v) is 5.58. The Morgan fingerprint density at radius 2 is 2.00 bits per heavy atom. The van der Waals surface area contributed by atoms with Gasteiger partial charge in [-0.3, -0.25) is 0 Å². The molecule has 3 nitrogen and oxygen atoms in total. The fourth-order valence-corrected chi connectivity index (χ4v) is 2.71. The van der Waals surface area contributed by atoms with E-state index >= 15 is 0 Å². The zero-order valence-electron chi connectivity index (χ0n) is 11.3. The zero-order chi connectivity index (χ0) is 14.7. The lowest BCUT2D eigenvalue weighted by Gasteiger charge is -2.08. The molecule has 0 amide bonds. The van der Waals surface area contributed by atoms with E-state index in [4.69, 9.17) is 10.00 Å². The van der Waals surface area contributed by atoms with Crippen molar-refractivity contribution in [2.45, 2.75) is 6.54 Å². The molecule has 0 aliphatic rings. The first-order valence-electron chi connectivity index (χ1n) is 6.64. The van der Waals surface area contributed by atoms with Crippen LogP contribution in [0.3, 0.4) is 0 Å². The quantitative estimate of drug-likeness (QED) is 0.707. The molecule has 0 aliphatic heterocycles. The van der Waals surface area contributed by atoms with E-state index in [1.54, 1.807) is 0 Å². The minimum atomic E-state index is 0.580. The maximum absolute atomic E-state index is 9.11. The van der Waals surface area contributed by atoms with Crippen LogP contribution < -0.4 is 4.74 Å². The lowest BCUT2D eigenvalue weighted by molar-refractivity contribution is 0.300. The number of hydrogen-bond donors (Lipinski definition) is 0. The monoisotopic (exact) mass is 340 g/mol. The van der Waals surface area contributed by atoms with Crippen molar-refractivity contribution in [2.75, 3.05) is 6.61 Å². The average molecular weight is 341 g/mol. The van der Waals surface area contributed by atoms with Crippen molar-refractivity contribution in [3.05, 3.63) is 64.8 Å². The number of hydrogen-bond acceptors (Lipinski definition) is 2. The molecular formula is C17H13BrN2O. The summed E-state index contributed by atoms with van der Waals surface area (Å²) in [6.45, 7) is 1.32. The fraction of sp³-hybridized carbons (Fsp3) is 0.118. The van der Waals surface area contributed by atoms with Gasteiger partial charge in [-0.15, -0.1) is 0 Å². The van der Waals surface area contributed by atoms with E-state index < -0.39 is 0 Å². The molecule has 0 atom stereocenters. The van der Waals surface area contributed by atoms with Crippen LogP contribution in [0, 0.1) is 11.3 Å². The molecule has 0 radical (unpaired) electrons. The molecule has 0 unspecified atom stereocenters. The third kappa shape index (κ3) is 2.93. The normalized spacial score (nSPS) is 10.5. The largest absolute Gasteiger partial charge is 0.492 e. The third-order valence-electron chi connectivity index (χ3n) is 3.33. The number of halogens is 1. The Hall–Kier alpha value is -2.25. The Bertz CT molecular complexity index is 817. The van der Waals surface area contributed by atoms with Crippen LogP contribution in [0.2, 0.25) is 0 Å². The highest BCUT2D eigenvalue weighted by atomic mass is 79.9. The van der Waals surface area contributed by atoms with Crippen molar-refractivity contribution in [1.82, 2.24) is 4.57 Å². The van der Waals surface area contributed by atoms with E-state index in [0.717, 1.165) is 27.7 Å². The predicted molar refractivity (Wildman–Crippen MR) is 86.3 cm³/mol. The van der Waals surface area contributed by atoms with Crippen LogP contribution in [-0.4, -0.2) is 11.2 Å². The highest BCUT2D eigenvalue weighted by molar-refractivity contribution is 9.10. The van der Waals surface area contributed by atoms with Gasteiger partial charge in [-0.2, -0.15) is 5.26 Å². The van der Waals surface area contributed by atoms with Crippen LogP contribution >= 0.6 is 15.9 Å². The molecule has 0 fully saturated rings. The molecule has 0 saturated carbocycles. The smallest absolute Gasteiger partial charge is 0.120 e. The molecule has 0 saturated heterocycles. The van der Waals surface area contributed by atoms with Gasteiger partial charge in [0.25, 0.3) is 0 Å². The van der Waals surface area contributed by atoms with Crippen molar-refractivity contribution < 1.29 is 4.74 Å². The van der Waals surface area contributed by atoms with Crippen LogP contribution in [-0.2, 0) is 6.54 Å². The summed E-state index contributed by atoms with van der Waals surface area (Å²) in [6.07, 6.45) is 2.00. The van der Waals surface area contributed by atoms with Gasteiger partial charge in [-0.25, -0.2) is 0 Å². The third-order valence-corrected chi connectivity index (χ3v) is 3.82. The summed E-state index contributed by atoms with van der Waals surface area (Å²) in [5, 5.41) is 10.1. The van der Waals surface area contributed by atoms with Gasteiger partial charge in [0.2, 0.25) is 0 Å². The maximum Gasteiger partial charge on any atom is 0.120 e. The molecule has 4 heteroatoms. The molecule has 104 valence electrons. The van der Waals surface area contributed by atoms with E-state index in [0.29, 0.717) is 12.2 Å². The van der Waals surface area contributed by atoms with Crippen LogP contribution in [0.5, 0.6) is 5.75 Å². The summed E-state index contributed by atoms with van der Waals surface area (Å²) < 4.78 is 8.86. The summed E-state index contributed by atoms with van der Waals surface area (Å²) >= 11 is 3.43. The van der Waals surface area contributed by atoms with Gasteiger partial charge in [-0.05, 0) is 36.4 Å². The average Bonchev–Trinajstić information content (AvgIpc) is 2.91. The maximum atomic E-state index is 9.11. The summed E-state index contributed by atoms with van der Waals surface area (Å²) in [5.74, 6) is 0.846. The number of rotatable bonds is 4. The van der Waals surface area contributed by atoms with Gasteiger partial charge in [0.1, 0.15) is 12.4 Å². The first-order chi connectivity index (χ1) is 10.3. The van der Waals surface area contributed by atoms with E-state index in [2.05, 4.69) is 26.6 Å². The molecule has 3 aromatic rings. The summed E-state index contributed by atoms with van der Waals surface area (Å²) in [6, 6.07) is 17.8. The number of nitriles is 1. The van der Waals surface area contributed by atoms with Crippen LogP contribution in [0.1, 0.15) is 5.56 Å². The van der Waals surface area contributed by atoms with E-state index in [9.17, 15) is 0 Å². The van der Waals surface area contributed by atoms with E-state index in [-0.39, 0.29) is 0 Å². The first kappa shape index (κ1) is 13.7. The minimum Gasteiger partial charge on any atom is -0.492 e. The fourth-order valence-electron chi connectivity index (χ4n) is 2.33. The Morgan fingerprint density at radius 3 is 2.81 bits per heavy atom. The van der Waals surface area contributed by atoms with Gasteiger partial charge in [-0.1, -0.05) is 28.1 Å². The zero-order valence-corrected chi connectivity index (χ0v) is 12.9. The van der Waals surface area contributed by atoms with Crippen molar-refractivity contribution in [2.24, 2.45) is 0 Å². The Labute approximate surface area is 131 Å². The topological polar surface area (TPSA) is 38.0 Å². The molecule has 2 aromatic carbocycles. The first-order valence-corrected chi connectivity index (χ1v) is 7.43. The minimum absolute atomic E-state index is 0.580. The van der Waals surface area contributed by atoms with Crippen molar-refractivity contribution in [3.63, 3.8) is 0 Å². The van der Waals surface area contributed by atoms with Crippen LogP contribution in [0.15, 0.2) is 59.2 Å². The Kier molecular flexibility index (Phi) is 3.94. The lowest BCUT2D eigenvalue weighted by Crippen LogP contribution is -2.07. The van der Waals surface area contributed by atoms with Crippen molar-refractivity contribution in [3.8, 4) is 11.8 Å². The number of aromatic nitrogens is 1. The lowest BCUT2D eigenvalue weighted by atomic mass is 10.1. The molecule has 1 aromatic heterocycles. The Morgan fingerprint density at radius 1 is 1.14 bits per heavy atom. The molecule has 1 heterocycles. The predicted octanol–water partition coefficient (Wildman–Crippen LogP) is 4.35. The molecule has 21 heavy (non-hydrogen) atoms. The van der Waals surface area contributed by atoms with Gasteiger partial charge in [0, 0.05) is 21.6 Å². The standard InChI is InChI=1S/C17H13BrN2O/c18-14-4-2-5-15(11-14)21-10-9-20-8-7-16-13(12-19)3-1-6-17(16)20/h1-8,11H,9-10H2. The number of ether oxygens (including phenoxy) is 1. The van der Waals surface area contributed by atoms with Gasteiger partial charge in [0.05, 0.1) is 18.2 Å². The number of nitrogens with zero attached hydrogens (tertiary/aromatic N) is 2. The summed E-state index contributed by atoms with van der Waals surface area (Å²) in [7, 11) is 0. The number of benzene rings is 2. The Balaban J connectivity index is 1.73. The van der Waals surface area contributed by atoms with Crippen molar-refractivity contribution >= 4 is 26.8 Å². The second kappa shape index (κ2) is 6.02. The SMILES string of the molecule is N#Cc1cccc2c1ccn2CCOc1cccc(Br)c1. The van der Waals surface area contributed by atoms with Crippen LogP contribution in [0.25, 0.3) is 10.9 Å². The summed E-state index contributed by atoms with van der Waals surface area (Å²) in [4.78, 5) is 0.